The average Bonchev–Trinajstić information content (AvgIpc) is 3.44. The first-order valence-electron chi connectivity index (χ1n) is 13.5. The minimum atomic E-state index is 0. The molecule has 2 aliphatic rings. The highest BCUT2D eigenvalue weighted by atomic mass is 35.5. The molecule has 1 saturated carbocycles. The van der Waals surface area contributed by atoms with Crippen LogP contribution in [0.4, 0.5) is 11.4 Å². The zero-order valence-corrected chi connectivity index (χ0v) is 24.9. The van der Waals surface area contributed by atoms with Gasteiger partial charge in [-0.3, -0.25) is 4.99 Å². The van der Waals surface area contributed by atoms with Gasteiger partial charge in [0.15, 0.2) is 0 Å². The summed E-state index contributed by atoms with van der Waals surface area (Å²) in [5, 5.41) is 4.54. The standard InChI is InChI=1S/C32H31Cl2N3S.ClH/c33-26-9-4-24(5-10-26)31-36-30(22-38-31)23-6-11-27(12-7-23)35-21-25-8-13-28(20-29(25)34)37-18-16-32(17-19-37)14-2-1-3-15-32;/h4-13,20-22H,1-3,14-19H2;1H. The number of hydrogen-bond donors (Lipinski definition) is 0. The highest BCUT2D eigenvalue weighted by molar-refractivity contribution is 7.13. The number of rotatable bonds is 5. The van der Waals surface area contributed by atoms with Crippen molar-refractivity contribution in [3.05, 3.63) is 87.7 Å². The van der Waals surface area contributed by atoms with Crippen molar-refractivity contribution >= 4 is 64.5 Å². The van der Waals surface area contributed by atoms with Gasteiger partial charge in [-0.1, -0.05) is 66.7 Å². The van der Waals surface area contributed by atoms with E-state index in [0.717, 1.165) is 56.2 Å². The smallest absolute Gasteiger partial charge is 0.124 e. The van der Waals surface area contributed by atoms with Crippen LogP contribution in [0.3, 0.4) is 0 Å². The van der Waals surface area contributed by atoms with E-state index in [-0.39, 0.29) is 12.4 Å². The maximum atomic E-state index is 6.69. The molecule has 0 bridgehead atoms. The van der Waals surface area contributed by atoms with Gasteiger partial charge in [-0.15, -0.1) is 23.7 Å². The summed E-state index contributed by atoms with van der Waals surface area (Å²) in [5.41, 5.74) is 6.76. The molecule has 6 rings (SSSR count). The minimum absolute atomic E-state index is 0. The van der Waals surface area contributed by atoms with Crippen molar-refractivity contribution in [2.24, 2.45) is 10.4 Å². The predicted octanol–water partition coefficient (Wildman–Crippen LogP) is 10.5. The van der Waals surface area contributed by atoms with E-state index in [1.54, 1.807) is 11.3 Å². The van der Waals surface area contributed by atoms with Crippen LogP contribution in [-0.4, -0.2) is 24.3 Å². The van der Waals surface area contributed by atoms with Gasteiger partial charge in [0.2, 0.25) is 0 Å². The van der Waals surface area contributed by atoms with Crippen molar-refractivity contribution in [3.63, 3.8) is 0 Å². The van der Waals surface area contributed by atoms with Crippen molar-refractivity contribution in [2.75, 3.05) is 18.0 Å². The van der Waals surface area contributed by atoms with Crippen LogP contribution in [-0.2, 0) is 0 Å². The summed E-state index contributed by atoms with van der Waals surface area (Å²) in [6.07, 6.45) is 11.6. The summed E-state index contributed by atoms with van der Waals surface area (Å²) in [6.45, 7) is 2.27. The number of benzene rings is 3. The zero-order chi connectivity index (χ0) is 26.0. The molecule has 1 spiro atoms. The number of piperidine rings is 1. The Kier molecular flexibility index (Phi) is 8.98. The molecule has 1 saturated heterocycles. The summed E-state index contributed by atoms with van der Waals surface area (Å²) in [4.78, 5) is 12.0. The second-order valence-electron chi connectivity index (χ2n) is 10.6. The van der Waals surface area contributed by atoms with E-state index in [9.17, 15) is 0 Å². The Morgan fingerprint density at radius 3 is 2.21 bits per heavy atom. The first-order chi connectivity index (χ1) is 18.6. The van der Waals surface area contributed by atoms with E-state index in [0.29, 0.717) is 5.41 Å². The third-order valence-corrected chi connectivity index (χ3v) is 9.67. The Balaban J connectivity index is 0.00000308. The molecule has 0 radical (unpaired) electrons. The van der Waals surface area contributed by atoms with Gasteiger partial charge in [0.05, 0.1) is 16.4 Å². The van der Waals surface area contributed by atoms with Crippen molar-refractivity contribution < 1.29 is 0 Å². The molecule has 3 nitrogen and oxygen atoms in total. The summed E-state index contributed by atoms with van der Waals surface area (Å²) >= 11 is 14.3. The normalized spacial score (nSPS) is 16.9. The predicted molar refractivity (Wildman–Crippen MR) is 171 cm³/mol. The molecule has 39 heavy (non-hydrogen) atoms. The van der Waals surface area contributed by atoms with Gasteiger partial charge in [0.1, 0.15) is 5.01 Å². The maximum absolute atomic E-state index is 6.69. The van der Waals surface area contributed by atoms with Crippen molar-refractivity contribution in [1.82, 2.24) is 4.98 Å². The molecule has 0 N–H and O–H groups in total. The topological polar surface area (TPSA) is 28.5 Å². The monoisotopic (exact) mass is 595 g/mol. The lowest BCUT2D eigenvalue weighted by Gasteiger charge is -2.45. The fraction of sp³-hybridized carbons (Fsp3) is 0.312. The number of nitrogens with zero attached hydrogens (tertiary/aromatic N) is 3. The lowest BCUT2D eigenvalue weighted by Crippen LogP contribution is -2.41. The van der Waals surface area contributed by atoms with E-state index in [4.69, 9.17) is 28.2 Å². The summed E-state index contributed by atoms with van der Waals surface area (Å²) in [5.74, 6) is 0. The quantitative estimate of drug-likeness (QED) is 0.214. The highest BCUT2D eigenvalue weighted by Gasteiger charge is 2.35. The molecule has 2 heterocycles. The molecular weight excluding hydrogens is 565 g/mol. The van der Waals surface area contributed by atoms with Crippen LogP contribution in [0.15, 0.2) is 77.1 Å². The first kappa shape index (κ1) is 28.2. The zero-order valence-electron chi connectivity index (χ0n) is 21.8. The molecule has 3 aromatic carbocycles. The molecule has 1 aromatic heterocycles. The van der Waals surface area contributed by atoms with Crippen LogP contribution in [0.5, 0.6) is 0 Å². The Morgan fingerprint density at radius 1 is 0.821 bits per heavy atom. The third-order valence-electron chi connectivity index (χ3n) is 8.20. The Morgan fingerprint density at radius 2 is 1.51 bits per heavy atom. The molecule has 1 aliphatic heterocycles. The van der Waals surface area contributed by atoms with E-state index in [1.807, 2.05) is 42.6 Å². The summed E-state index contributed by atoms with van der Waals surface area (Å²) in [7, 11) is 0. The molecule has 4 aromatic rings. The molecule has 202 valence electrons. The molecule has 1 aliphatic carbocycles. The SMILES string of the molecule is Cl.Clc1ccc(-c2nc(-c3ccc(N=Cc4ccc(N5CCC6(CCCCC6)CC5)cc4Cl)cc3)cs2)cc1. The van der Waals surface area contributed by atoms with Crippen molar-refractivity contribution in [3.8, 4) is 21.8 Å². The number of anilines is 1. The molecule has 7 heteroatoms. The van der Waals surface area contributed by atoms with Gasteiger partial charge >= 0.3 is 0 Å². The minimum Gasteiger partial charge on any atom is -0.371 e. The van der Waals surface area contributed by atoms with Crippen LogP contribution in [0.1, 0.15) is 50.5 Å². The van der Waals surface area contributed by atoms with Crippen LogP contribution in [0.25, 0.3) is 21.8 Å². The van der Waals surface area contributed by atoms with E-state index < -0.39 is 0 Å². The number of aromatic nitrogens is 1. The highest BCUT2D eigenvalue weighted by Crippen LogP contribution is 2.45. The lowest BCUT2D eigenvalue weighted by atomic mass is 9.68. The molecule has 0 amide bonds. The average molecular weight is 597 g/mol. The molecule has 0 unspecified atom stereocenters. The van der Waals surface area contributed by atoms with Gasteiger partial charge < -0.3 is 4.90 Å². The Labute approximate surface area is 251 Å². The molecule has 2 fully saturated rings. The Bertz CT molecular complexity index is 1410. The van der Waals surface area contributed by atoms with Crippen LogP contribution in [0, 0.1) is 5.41 Å². The van der Waals surface area contributed by atoms with Gasteiger partial charge in [-0.25, -0.2) is 4.98 Å². The number of halogens is 3. The summed E-state index contributed by atoms with van der Waals surface area (Å²) < 4.78 is 0. The fourth-order valence-electron chi connectivity index (χ4n) is 5.85. The lowest BCUT2D eigenvalue weighted by molar-refractivity contribution is 0.144. The number of thiazole rings is 1. The van der Waals surface area contributed by atoms with Crippen molar-refractivity contribution in [2.45, 2.75) is 44.9 Å². The summed E-state index contributed by atoms with van der Waals surface area (Å²) in [6, 6.07) is 22.3. The van der Waals surface area contributed by atoms with Gasteiger partial charge in [0.25, 0.3) is 0 Å². The fourth-order valence-corrected chi connectivity index (χ4v) is 7.04. The van der Waals surface area contributed by atoms with Gasteiger partial charge in [-0.05, 0) is 73.6 Å². The maximum Gasteiger partial charge on any atom is 0.124 e. The second-order valence-corrected chi connectivity index (χ2v) is 12.3. The molecule has 0 atom stereocenters. The van der Waals surface area contributed by atoms with Crippen LogP contribution in [0.2, 0.25) is 10.0 Å². The van der Waals surface area contributed by atoms with Crippen molar-refractivity contribution in [1.29, 1.82) is 0 Å². The first-order valence-corrected chi connectivity index (χ1v) is 15.1. The van der Waals surface area contributed by atoms with Gasteiger partial charge in [0, 0.05) is 52.1 Å². The second kappa shape index (κ2) is 12.4. The largest absolute Gasteiger partial charge is 0.371 e. The van der Waals surface area contributed by atoms with E-state index >= 15 is 0 Å². The Hall–Kier alpha value is -2.37. The number of hydrogen-bond acceptors (Lipinski definition) is 4. The van der Waals surface area contributed by atoms with Gasteiger partial charge in [-0.2, -0.15) is 0 Å². The van der Waals surface area contributed by atoms with Crippen LogP contribution >= 0.6 is 46.9 Å². The third kappa shape index (κ3) is 6.52. The number of aliphatic imine (C=N–C) groups is 1. The van der Waals surface area contributed by atoms with E-state index in [1.165, 1.54) is 50.6 Å². The molecular formula is C32H32Cl3N3S. The van der Waals surface area contributed by atoms with E-state index in [2.05, 4.69) is 45.6 Å². The van der Waals surface area contributed by atoms with Crippen LogP contribution < -0.4 is 4.90 Å².